The zero-order valence-electron chi connectivity index (χ0n) is 12.2. The molecule has 0 aliphatic heterocycles. The molecule has 2 rings (SSSR count). The number of esters is 1. The van der Waals surface area contributed by atoms with Gasteiger partial charge in [-0.15, -0.1) is 0 Å². The summed E-state index contributed by atoms with van der Waals surface area (Å²) in [7, 11) is 1.25. The Morgan fingerprint density at radius 1 is 1.17 bits per heavy atom. The van der Waals surface area contributed by atoms with Crippen LogP contribution in [0.5, 0.6) is 0 Å². The lowest BCUT2D eigenvalue weighted by atomic mass is 10.1. The second kappa shape index (κ2) is 7.94. The predicted octanol–water partition coefficient (Wildman–Crippen LogP) is 4.05. The molecule has 0 aliphatic carbocycles. The molecule has 23 heavy (non-hydrogen) atoms. The summed E-state index contributed by atoms with van der Waals surface area (Å²) in [5.74, 6) is -1.04. The topological polar surface area (TPSA) is 55.4 Å². The number of benzene rings is 2. The minimum absolute atomic E-state index is 0.0415. The Morgan fingerprint density at radius 3 is 2.48 bits per heavy atom. The van der Waals surface area contributed by atoms with Crippen LogP contribution in [0.25, 0.3) is 6.08 Å². The van der Waals surface area contributed by atoms with Gasteiger partial charge in [0.2, 0.25) is 0 Å². The summed E-state index contributed by atoms with van der Waals surface area (Å²) in [6.45, 7) is 0. The van der Waals surface area contributed by atoms with E-state index in [0.29, 0.717) is 16.1 Å². The van der Waals surface area contributed by atoms with Gasteiger partial charge >= 0.3 is 5.97 Å². The fraction of sp³-hybridized carbons (Fsp3) is 0.0588. The quantitative estimate of drug-likeness (QED) is 0.629. The van der Waals surface area contributed by atoms with Crippen LogP contribution in [0.15, 0.2) is 58.7 Å². The molecular weight excluding hydrogens is 382 g/mol. The van der Waals surface area contributed by atoms with Gasteiger partial charge in [-0.05, 0) is 42.0 Å². The van der Waals surface area contributed by atoms with Crippen molar-refractivity contribution < 1.29 is 14.3 Å². The van der Waals surface area contributed by atoms with Crippen LogP contribution in [-0.4, -0.2) is 19.0 Å². The smallest absolute Gasteiger partial charge is 0.354 e. The first kappa shape index (κ1) is 17.2. The van der Waals surface area contributed by atoms with Crippen molar-refractivity contribution in [3.05, 3.63) is 74.9 Å². The van der Waals surface area contributed by atoms with Gasteiger partial charge in [0.05, 0.1) is 7.11 Å². The number of ether oxygens (including phenoxy) is 1. The molecule has 0 heterocycles. The summed E-state index contributed by atoms with van der Waals surface area (Å²) in [5, 5.41) is 3.15. The van der Waals surface area contributed by atoms with E-state index in [2.05, 4.69) is 21.2 Å². The third kappa shape index (κ3) is 4.94. The van der Waals surface area contributed by atoms with Crippen LogP contribution in [0, 0.1) is 0 Å². The Hall–Kier alpha value is -2.11. The number of methoxy groups -OCH3 is 1. The molecule has 0 aliphatic rings. The van der Waals surface area contributed by atoms with Gasteiger partial charge in [0.1, 0.15) is 5.70 Å². The Bertz CT molecular complexity index is 757. The van der Waals surface area contributed by atoms with Crippen LogP contribution in [-0.2, 0) is 9.53 Å². The van der Waals surface area contributed by atoms with Crippen molar-refractivity contribution in [2.24, 2.45) is 0 Å². The largest absolute Gasteiger partial charge is 0.464 e. The normalized spacial score (nSPS) is 11.0. The third-order valence-corrected chi connectivity index (χ3v) is 3.67. The van der Waals surface area contributed by atoms with Crippen molar-refractivity contribution in [2.75, 3.05) is 7.11 Å². The summed E-state index contributed by atoms with van der Waals surface area (Å²) in [5.41, 5.74) is 1.18. The maximum atomic E-state index is 12.3. The second-order valence-electron chi connectivity index (χ2n) is 4.57. The number of hydrogen-bond acceptors (Lipinski definition) is 3. The van der Waals surface area contributed by atoms with E-state index in [9.17, 15) is 9.59 Å². The first-order valence-corrected chi connectivity index (χ1v) is 7.79. The number of carbonyl (C=O) groups is 2. The van der Waals surface area contributed by atoms with Crippen LogP contribution in [0.1, 0.15) is 15.9 Å². The molecule has 0 saturated heterocycles. The Kier molecular flexibility index (Phi) is 5.96. The standard InChI is InChI=1S/C17H13BrClNO3/c1-23-17(22)15(9-11-5-7-14(19)8-6-11)20-16(21)12-3-2-4-13(18)10-12/h2-10H,1H3,(H,20,21)/b15-9-. The van der Waals surface area contributed by atoms with Gasteiger partial charge < -0.3 is 10.1 Å². The maximum absolute atomic E-state index is 12.3. The third-order valence-electron chi connectivity index (χ3n) is 2.92. The fourth-order valence-corrected chi connectivity index (χ4v) is 2.33. The monoisotopic (exact) mass is 393 g/mol. The molecule has 1 amide bonds. The first-order chi connectivity index (χ1) is 11.0. The van der Waals surface area contributed by atoms with Gasteiger partial charge in [-0.3, -0.25) is 4.79 Å². The van der Waals surface area contributed by atoms with E-state index in [1.54, 1.807) is 42.5 Å². The van der Waals surface area contributed by atoms with Gasteiger partial charge in [0.15, 0.2) is 0 Å². The van der Waals surface area contributed by atoms with Gasteiger partial charge in [-0.1, -0.05) is 45.7 Å². The Morgan fingerprint density at radius 2 is 1.87 bits per heavy atom. The van der Waals surface area contributed by atoms with Crippen LogP contribution < -0.4 is 5.32 Å². The molecular formula is C17H13BrClNO3. The van der Waals surface area contributed by atoms with E-state index >= 15 is 0 Å². The van der Waals surface area contributed by atoms with E-state index in [1.165, 1.54) is 13.2 Å². The van der Waals surface area contributed by atoms with Crippen LogP contribution >= 0.6 is 27.5 Å². The van der Waals surface area contributed by atoms with E-state index in [-0.39, 0.29) is 5.70 Å². The molecule has 1 N–H and O–H groups in total. The molecule has 0 spiro atoms. The van der Waals surface area contributed by atoms with E-state index in [0.717, 1.165) is 4.47 Å². The average Bonchev–Trinajstić information content (AvgIpc) is 2.55. The summed E-state index contributed by atoms with van der Waals surface area (Å²) in [4.78, 5) is 24.1. The molecule has 0 bridgehead atoms. The summed E-state index contributed by atoms with van der Waals surface area (Å²) >= 11 is 9.13. The van der Waals surface area contributed by atoms with Crippen molar-refractivity contribution in [1.82, 2.24) is 5.32 Å². The Balaban J connectivity index is 2.27. The SMILES string of the molecule is COC(=O)/C(=C/c1ccc(Cl)cc1)NC(=O)c1cccc(Br)c1. The van der Waals surface area contributed by atoms with E-state index in [1.807, 2.05) is 6.07 Å². The van der Waals surface area contributed by atoms with E-state index in [4.69, 9.17) is 16.3 Å². The van der Waals surface area contributed by atoms with Crippen molar-refractivity contribution >= 4 is 45.5 Å². The highest BCUT2D eigenvalue weighted by atomic mass is 79.9. The average molecular weight is 395 g/mol. The number of rotatable bonds is 4. The molecule has 0 atom stereocenters. The van der Waals surface area contributed by atoms with Gasteiger partial charge in [0.25, 0.3) is 5.91 Å². The van der Waals surface area contributed by atoms with E-state index < -0.39 is 11.9 Å². The highest BCUT2D eigenvalue weighted by Crippen LogP contribution is 2.14. The molecule has 4 nitrogen and oxygen atoms in total. The molecule has 0 unspecified atom stereocenters. The van der Waals surface area contributed by atoms with Crippen molar-refractivity contribution in [1.29, 1.82) is 0 Å². The molecule has 0 saturated carbocycles. The molecule has 2 aromatic rings. The number of halogens is 2. The van der Waals surface area contributed by atoms with Crippen molar-refractivity contribution in [3.8, 4) is 0 Å². The number of amides is 1. The lowest BCUT2D eigenvalue weighted by Gasteiger charge is -2.09. The van der Waals surface area contributed by atoms with Gasteiger partial charge in [-0.2, -0.15) is 0 Å². The summed E-state index contributed by atoms with van der Waals surface area (Å²) in [6, 6.07) is 13.7. The minimum atomic E-state index is -0.636. The van der Waals surface area contributed by atoms with Gasteiger partial charge in [0, 0.05) is 15.1 Å². The minimum Gasteiger partial charge on any atom is -0.464 e. The highest BCUT2D eigenvalue weighted by molar-refractivity contribution is 9.10. The first-order valence-electron chi connectivity index (χ1n) is 6.62. The zero-order chi connectivity index (χ0) is 16.8. The van der Waals surface area contributed by atoms with Crippen molar-refractivity contribution in [2.45, 2.75) is 0 Å². The van der Waals surface area contributed by atoms with Crippen LogP contribution in [0.4, 0.5) is 0 Å². The molecule has 6 heteroatoms. The lowest BCUT2D eigenvalue weighted by molar-refractivity contribution is -0.136. The maximum Gasteiger partial charge on any atom is 0.354 e. The Labute approximate surface area is 147 Å². The summed E-state index contributed by atoms with van der Waals surface area (Å²) in [6.07, 6.45) is 1.53. The number of nitrogens with one attached hydrogen (secondary N) is 1. The summed E-state index contributed by atoms with van der Waals surface area (Å²) < 4.78 is 5.48. The predicted molar refractivity (Wildman–Crippen MR) is 93.1 cm³/mol. The highest BCUT2D eigenvalue weighted by Gasteiger charge is 2.15. The molecule has 0 aromatic heterocycles. The number of hydrogen-bond donors (Lipinski definition) is 1. The molecule has 0 radical (unpaired) electrons. The fourth-order valence-electron chi connectivity index (χ4n) is 1.81. The zero-order valence-corrected chi connectivity index (χ0v) is 14.5. The van der Waals surface area contributed by atoms with Crippen LogP contribution in [0.2, 0.25) is 5.02 Å². The molecule has 0 fully saturated rings. The molecule has 118 valence electrons. The molecule has 2 aromatic carbocycles. The van der Waals surface area contributed by atoms with Gasteiger partial charge in [-0.25, -0.2) is 4.79 Å². The van der Waals surface area contributed by atoms with Crippen LogP contribution in [0.3, 0.4) is 0 Å². The number of carbonyl (C=O) groups excluding carboxylic acids is 2. The second-order valence-corrected chi connectivity index (χ2v) is 5.92. The lowest BCUT2D eigenvalue weighted by Crippen LogP contribution is -2.28. The van der Waals surface area contributed by atoms with Crippen molar-refractivity contribution in [3.63, 3.8) is 0 Å².